The highest BCUT2D eigenvalue weighted by molar-refractivity contribution is 7.18. The average molecular weight is 347 g/mol. The largest absolute Gasteiger partial charge is 0.352 e. The quantitative estimate of drug-likeness (QED) is 0.874. The van der Waals surface area contributed by atoms with Gasteiger partial charge < -0.3 is 5.32 Å². The van der Waals surface area contributed by atoms with E-state index in [1.807, 2.05) is 6.92 Å². The third-order valence-corrected chi connectivity index (χ3v) is 5.79. The van der Waals surface area contributed by atoms with Gasteiger partial charge in [-0.1, -0.05) is 13.8 Å². The van der Waals surface area contributed by atoms with Gasteiger partial charge in [0, 0.05) is 10.9 Å². The molecule has 0 spiro atoms. The van der Waals surface area contributed by atoms with Gasteiger partial charge in [-0.15, -0.1) is 11.3 Å². The van der Waals surface area contributed by atoms with E-state index in [-0.39, 0.29) is 24.1 Å². The minimum atomic E-state index is -0.124. The van der Waals surface area contributed by atoms with Crippen LogP contribution >= 0.6 is 11.3 Å². The lowest BCUT2D eigenvalue weighted by molar-refractivity contribution is -0.122. The van der Waals surface area contributed by atoms with Crippen molar-refractivity contribution in [2.45, 2.75) is 65.5 Å². The van der Waals surface area contributed by atoms with Gasteiger partial charge in [-0.25, -0.2) is 4.98 Å². The number of hydrogen-bond donors (Lipinski definition) is 1. The molecule has 5 nitrogen and oxygen atoms in total. The Hall–Kier alpha value is -1.69. The molecule has 2 heterocycles. The third-order valence-electron chi connectivity index (χ3n) is 4.59. The number of nitrogens with one attached hydrogen (secondary N) is 1. The van der Waals surface area contributed by atoms with Crippen LogP contribution in [0.2, 0.25) is 0 Å². The van der Waals surface area contributed by atoms with Crippen molar-refractivity contribution in [3.8, 4) is 0 Å². The molecule has 0 aromatic carbocycles. The highest BCUT2D eigenvalue weighted by Crippen LogP contribution is 2.34. The highest BCUT2D eigenvalue weighted by atomic mass is 32.1. The number of carbonyl (C=O) groups excluding carboxylic acids is 1. The molecule has 0 saturated heterocycles. The van der Waals surface area contributed by atoms with Crippen LogP contribution in [0.1, 0.15) is 50.5 Å². The molecule has 1 aliphatic rings. The zero-order valence-corrected chi connectivity index (χ0v) is 15.4. The van der Waals surface area contributed by atoms with Crippen molar-refractivity contribution in [2.75, 3.05) is 0 Å². The first-order valence-corrected chi connectivity index (χ1v) is 9.56. The molecule has 0 saturated carbocycles. The summed E-state index contributed by atoms with van der Waals surface area (Å²) in [6, 6.07) is 0.123. The van der Waals surface area contributed by atoms with Crippen LogP contribution < -0.4 is 10.9 Å². The summed E-state index contributed by atoms with van der Waals surface area (Å²) >= 11 is 1.62. The number of fused-ring (bicyclic) bond motifs is 3. The van der Waals surface area contributed by atoms with E-state index in [0.29, 0.717) is 5.92 Å². The number of nitrogens with zero attached hydrogens (tertiary/aromatic N) is 2. The van der Waals surface area contributed by atoms with Crippen LogP contribution in [-0.2, 0) is 24.2 Å². The summed E-state index contributed by atoms with van der Waals surface area (Å²) in [7, 11) is 0. The van der Waals surface area contributed by atoms with Gasteiger partial charge in [0.15, 0.2) is 0 Å². The molecule has 2 aromatic heterocycles. The summed E-state index contributed by atoms with van der Waals surface area (Å²) in [6.07, 6.45) is 6.65. The number of carbonyl (C=O) groups is 1. The fourth-order valence-corrected chi connectivity index (χ4v) is 4.48. The second kappa shape index (κ2) is 7.05. The second-order valence-corrected chi connectivity index (χ2v) is 8.24. The summed E-state index contributed by atoms with van der Waals surface area (Å²) in [5, 5.41) is 3.71. The summed E-state index contributed by atoms with van der Waals surface area (Å²) in [5.74, 6) is 0.501. The molecule has 0 fully saturated rings. The molecule has 1 atom stereocenters. The molecular weight excluding hydrogens is 322 g/mol. The molecule has 1 N–H and O–H groups in total. The molecule has 1 aliphatic carbocycles. The van der Waals surface area contributed by atoms with E-state index in [1.54, 1.807) is 11.3 Å². The van der Waals surface area contributed by atoms with E-state index in [9.17, 15) is 9.59 Å². The first kappa shape index (κ1) is 17.1. The minimum absolute atomic E-state index is 0.0401. The maximum Gasteiger partial charge on any atom is 0.262 e. The second-order valence-electron chi connectivity index (χ2n) is 7.15. The topological polar surface area (TPSA) is 64.0 Å². The predicted octanol–water partition coefficient (Wildman–Crippen LogP) is 2.89. The SMILES string of the molecule is CC(C)CC[C@@H](C)NC(=O)Cn1cnc2sc3c(c2c1=O)CCC3. The van der Waals surface area contributed by atoms with E-state index in [2.05, 4.69) is 24.1 Å². The number of hydrogen-bond acceptors (Lipinski definition) is 4. The molecule has 24 heavy (non-hydrogen) atoms. The Kier molecular flexibility index (Phi) is 5.04. The molecule has 0 unspecified atom stereocenters. The van der Waals surface area contributed by atoms with E-state index < -0.39 is 0 Å². The molecule has 3 rings (SSSR count). The van der Waals surface area contributed by atoms with Gasteiger partial charge in [0.2, 0.25) is 5.91 Å². The Balaban J connectivity index is 1.72. The fraction of sp³-hybridized carbons (Fsp3) is 0.611. The highest BCUT2D eigenvalue weighted by Gasteiger charge is 2.21. The van der Waals surface area contributed by atoms with Gasteiger partial charge in [0.1, 0.15) is 11.4 Å². The minimum Gasteiger partial charge on any atom is -0.352 e. The monoisotopic (exact) mass is 347 g/mol. The van der Waals surface area contributed by atoms with Gasteiger partial charge in [0.25, 0.3) is 5.56 Å². The molecule has 0 bridgehead atoms. The number of thiophene rings is 1. The number of rotatable bonds is 6. The van der Waals surface area contributed by atoms with Crippen LogP contribution in [0.15, 0.2) is 11.1 Å². The number of aryl methyl sites for hydroxylation is 2. The summed E-state index contributed by atoms with van der Waals surface area (Å²) in [5.41, 5.74) is 1.08. The van der Waals surface area contributed by atoms with E-state index in [1.165, 1.54) is 15.8 Å². The van der Waals surface area contributed by atoms with Gasteiger partial charge in [-0.05, 0) is 50.5 Å². The maximum atomic E-state index is 12.7. The van der Waals surface area contributed by atoms with Gasteiger partial charge in [0.05, 0.1) is 11.7 Å². The first-order chi connectivity index (χ1) is 11.5. The number of aromatic nitrogens is 2. The van der Waals surface area contributed by atoms with Crippen molar-refractivity contribution >= 4 is 27.5 Å². The van der Waals surface area contributed by atoms with Crippen LogP contribution in [0.5, 0.6) is 0 Å². The van der Waals surface area contributed by atoms with E-state index >= 15 is 0 Å². The Morgan fingerprint density at radius 2 is 2.12 bits per heavy atom. The summed E-state index contributed by atoms with van der Waals surface area (Å²) in [4.78, 5) is 31.5. The smallest absolute Gasteiger partial charge is 0.262 e. The van der Waals surface area contributed by atoms with Crippen molar-refractivity contribution in [3.05, 3.63) is 27.1 Å². The fourth-order valence-electron chi connectivity index (χ4n) is 3.26. The van der Waals surface area contributed by atoms with Gasteiger partial charge >= 0.3 is 0 Å². The van der Waals surface area contributed by atoms with Crippen LogP contribution in [0.25, 0.3) is 10.2 Å². The van der Waals surface area contributed by atoms with Gasteiger partial charge in [-0.2, -0.15) is 0 Å². The first-order valence-electron chi connectivity index (χ1n) is 8.74. The van der Waals surface area contributed by atoms with E-state index in [4.69, 9.17) is 0 Å². The van der Waals surface area contributed by atoms with Crippen molar-refractivity contribution < 1.29 is 4.79 Å². The molecule has 0 aliphatic heterocycles. The normalized spacial score (nSPS) is 15.0. The Bertz CT molecular complexity index is 806. The van der Waals surface area contributed by atoms with Crippen molar-refractivity contribution in [2.24, 2.45) is 5.92 Å². The molecule has 1 amide bonds. The molecular formula is C18H25N3O2S. The lowest BCUT2D eigenvalue weighted by Gasteiger charge is -2.15. The van der Waals surface area contributed by atoms with Crippen molar-refractivity contribution in [1.82, 2.24) is 14.9 Å². The van der Waals surface area contributed by atoms with Crippen LogP contribution in [-0.4, -0.2) is 21.5 Å². The molecule has 6 heteroatoms. The van der Waals surface area contributed by atoms with E-state index in [0.717, 1.165) is 47.9 Å². The molecule has 0 radical (unpaired) electrons. The summed E-state index contributed by atoms with van der Waals surface area (Å²) < 4.78 is 1.44. The average Bonchev–Trinajstić information content (AvgIpc) is 3.08. The lowest BCUT2D eigenvalue weighted by Crippen LogP contribution is -2.37. The summed E-state index contributed by atoms with van der Waals surface area (Å²) in [6.45, 7) is 6.40. The number of amides is 1. The van der Waals surface area contributed by atoms with Crippen LogP contribution in [0.3, 0.4) is 0 Å². The Morgan fingerprint density at radius 1 is 1.33 bits per heavy atom. The van der Waals surface area contributed by atoms with Crippen molar-refractivity contribution in [3.63, 3.8) is 0 Å². The van der Waals surface area contributed by atoms with Gasteiger partial charge in [-0.3, -0.25) is 14.2 Å². The zero-order chi connectivity index (χ0) is 17.3. The zero-order valence-electron chi connectivity index (χ0n) is 14.6. The molecule has 2 aromatic rings. The van der Waals surface area contributed by atoms with Crippen molar-refractivity contribution in [1.29, 1.82) is 0 Å². The predicted molar refractivity (Wildman–Crippen MR) is 97.6 cm³/mol. The Labute approximate surface area is 146 Å². The maximum absolute atomic E-state index is 12.7. The Morgan fingerprint density at radius 3 is 2.88 bits per heavy atom. The van der Waals surface area contributed by atoms with Crippen LogP contribution in [0.4, 0.5) is 0 Å². The standard InChI is InChI=1S/C18H25N3O2S/c1-11(2)7-8-12(3)20-15(22)9-21-10-19-17-16(18(21)23)13-5-4-6-14(13)24-17/h10-12H,4-9H2,1-3H3,(H,20,22)/t12-/m1/s1. The third kappa shape index (κ3) is 3.53. The van der Waals surface area contributed by atoms with Crippen LogP contribution in [0, 0.1) is 5.92 Å². The molecule has 130 valence electrons. The lowest BCUT2D eigenvalue weighted by atomic mass is 10.0.